The molecule has 1 heterocycles. The van der Waals surface area contributed by atoms with Gasteiger partial charge in [-0.15, -0.1) is 0 Å². The van der Waals surface area contributed by atoms with Gasteiger partial charge in [-0.2, -0.15) is 0 Å². The first-order chi connectivity index (χ1) is 17.1. The van der Waals surface area contributed by atoms with Crippen molar-refractivity contribution >= 4 is 17.6 Å². The van der Waals surface area contributed by atoms with Crippen LogP contribution in [0, 0.1) is 0 Å². The summed E-state index contributed by atoms with van der Waals surface area (Å²) in [6.45, 7) is 4.59. The van der Waals surface area contributed by atoms with Crippen LogP contribution in [0.4, 0.5) is 10.5 Å². The molecule has 3 aromatic carbocycles. The van der Waals surface area contributed by atoms with Gasteiger partial charge in [0, 0.05) is 36.8 Å². The maximum Gasteiger partial charge on any atom is 0.321 e. The maximum absolute atomic E-state index is 12.8. The van der Waals surface area contributed by atoms with Crippen molar-refractivity contribution in [1.82, 2.24) is 10.2 Å². The highest BCUT2D eigenvalue weighted by molar-refractivity contribution is 5.94. The molecule has 1 atom stereocenters. The lowest BCUT2D eigenvalue weighted by molar-refractivity contribution is 0.0950. The van der Waals surface area contributed by atoms with Gasteiger partial charge in [-0.05, 0) is 66.8 Å². The Kier molecular flexibility index (Phi) is 8.39. The molecule has 1 saturated heterocycles. The Hall–Kier alpha value is -3.80. The maximum atomic E-state index is 12.8. The van der Waals surface area contributed by atoms with E-state index in [0.717, 1.165) is 48.4 Å². The molecule has 1 aliphatic heterocycles. The third-order valence-electron chi connectivity index (χ3n) is 6.20. The zero-order chi connectivity index (χ0) is 24.5. The fourth-order valence-corrected chi connectivity index (χ4v) is 4.30. The molecule has 0 bridgehead atoms. The second-order valence-electron chi connectivity index (χ2n) is 8.88. The van der Waals surface area contributed by atoms with Gasteiger partial charge in [-0.25, -0.2) is 4.79 Å². The minimum absolute atomic E-state index is 0.0825. The van der Waals surface area contributed by atoms with E-state index >= 15 is 0 Å². The van der Waals surface area contributed by atoms with Crippen molar-refractivity contribution in [2.75, 3.05) is 25.0 Å². The molecule has 6 nitrogen and oxygen atoms in total. The number of hydrogen-bond donors (Lipinski definition) is 2. The number of nitrogens with zero attached hydrogens (tertiary/aromatic N) is 1. The highest BCUT2D eigenvalue weighted by Gasteiger charge is 2.25. The van der Waals surface area contributed by atoms with Gasteiger partial charge in [0.15, 0.2) is 0 Å². The Labute approximate surface area is 207 Å². The normalized spacial score (nSPS) is 15.3. The SMILES string of the molecule is CCCOc1ccc(CNC(=O)c2cccc([C@@H]3CCCN(C(=O)Nc4ccccc4)C3)c2)cc1. The number of ether oxygens (including phenoxy) is 1. The van der Waals surface area contributed by atoms with Gasteiger partial charge >= 0.3 is 6.03 Å². The molecule has 0 unspecified atom stereocenters. The second kappa shape index (κ2) is 12.1. The van der Waals surface area contributed by atoms with Crippen molar-refractivity contribution in [2.24, 2.45) is 0 Å². The van der Waals surface area contributed by atoms with Gasteiger partial charge in [0.1, 0.15) is 5.75 Å². The summed E-state index contributed by atoms with van der Waals surface area (Å²) < 4.78 is 5.61. The number of carbonyl (C=O) groups excluding carboxylic acids is 2. The summed E-state index contributed by atoms with van der Waals surface area (Å²) in [4.78, 5) is 27.4. The number of para-hydroxylation sites is 1. The van der Waals surface area contributed by atoms with Gasteiger partial charge in [-0.1, -0.05) is 49.4 Å². The van der Waals surface area contributed by atoms with Crippen molar-refractivity contribution in [3.05, 3.63) is 95.6 Å². The predicted octanol–water partition coefficient (Wildman–Crippen LogP) is 5.82. The molecule has 0 aromatic heterocycles. The molecule has 1 fully saturated rings. The van der Waals surface area contributed by atoms with Crippen molar-refractivity contribution in [3.8, 4) is 5.75 Å². The molecule has 0 saturated carbocycles. The summed E-state index contributed by atoms with van der Waals surface area (Å²) in [5, 5.41) is 5.98. The largest absolute Gasteiger partial charge is 0.494 e. The first-order valence-corrected chi connectivity index (χ1v) is 12.3. The number of urea groups is 1. The molecule has 0 aliphatic carbocycles. The van der Waals surface area contributed by atoms with Crippen LogP contribution in [0.5, 0.6) is 5.75 Å². The average molecular weight is 472 g/mol. The predicted molar refractivity (Wildman–Crippen MR) is 139 cm³/mol. The molecule has 2 N–H and O–H groups in total. The van der Waals surface area contributed by atoms with E-state index in [2.05, 4.69) is 23.6 Å². The van der Waals surface area contributed by atoms with Crippen molar-refractivity contribution in [3.63, 3.8) is 0 Å². The highest BCUT2D eigenvalue weighted by atomic mass is 16.5. The van der Waals surface area contributed by atoms with Crippen molar-refractivity contribution in [1.29, 1.82) is 0 Å². The van der Waals surface area contributed by atoms with Crippen molar-refractivity contribution < 1.29 is 14.3 Å². The van der Waals surface area contributed by atoms with Gasteiger partial charge < -0.3 is 20.3 Å². The van der Waals surface area contributed by atoms with E-state index in [1.54, 1.807) is 0 Å². The zero-order valence-electron chi connectivity index (χ0n) is 20.2. The molecule has 3 amide bonds. The lowest BCUT2D eigenvalue weighted by atomic mass is 9.89. The van der Waals surface area contributed by atoms with Gasteiger partial charge in [-0.3, -0.25) is 4.79 Å². The van der Waals surface area contributed by atoms with E-state index < -0.39 is 0 Å². The van der Waals surface area contributed by atoms with Gasteiger partial charge in [0.05, 0.1) is 6.61 Å². The van der Waals surface area contributed by atoms with Crippen LogP contribution >= 0.6 is 0 Å². The number of nitrogens with one attached hydrogen (secondary N) is 2. The van der Waals surface area contributed by atoms with Crippen LogP contribution in [0.2, 0.25) is 0 Å². The Morgan fingerprint density at radius 2 is 1.80 bits per heavy atom. The monoisotopic (exact) mass is 471 g/mol. The lowest BCUT2D eigenvalue weighted by Gasteiger charge is -2.33. The lowest BCUT2D eigenvalue weighted by Crippen LogP contribution is -2.41. The summed E-state index contributed by atoms with van der Waals surface area (Å²) in [5.74, 6) is 0.940. The van der Waals surface area contributed by atoms with Crippen LogP contribution in [0.15, 0.2) is 78.9 Å². The van der Waals surface area contributed by atoms with Crippen LogP contribution in [-0.4, -0.2) is 36.5 Å². The zero-order valence-corrected chi connectivity index (χ0v) is 20.2. The fraction of sp³-hybridized carbons (Fsp3) is 0.310. The standard InChI is InChI=1S/C29H33N3O3/c1-2-18-35-27-15-13-22(14-16-27)20-30-28(33)24-9-6-8-23(19-24)25-10-7-17-32(21-25)29(34)31-26-11-4-3-5-12-26/h3-6,8-9,11-16,19,25H,2,7,10,17-18,20-21H2,1H3,(H,30,33)(H,31,34)/t25-/m1/s1. The number of piperidine rings is 1. The van der Waals surface area contributed by atoms with Crippen LogP contribution in [-0.2, 0) is 6.54 Å². The fourth-order valence-electron chi connectivity index (χ4n) is 4.30. The summed E-state index contributed by atoms with van der Waals surface area (Å²) in [6, 6.07) is 25.0. The second-order valence-corrected chi connectivity index (χ2v) is 8.88. The number of anilines is 1. The first-order valence-electron chi connectivity index (χ1n) is 12.3. The number of benzene rings is 3. The minimum Gasteiger partial charge on any atom is -0.494 e. The Morgan fingerprint density at radius 1 is 1.00 bits per heavy atom. The van der Waals surface area contributed by atoms with Crippen LogP contribution in [0.25, 0.3) is 0 Å². The summed E-state index contributed by atoms with van der Waals surface area (Å²) in [7, 11) is 0. The smallest absolute Gasteiger partial charge is 0.321 e. The van der Waals surface area contributed by atoms with E-state index in [4.69, 9.17) is 4.74 Å². The van der Waals surface area contributed by atoms with E-state index in [1.165, 1.54) is 0 Å². The van der Waals surface area contributed by atoms with E-state index in [1.807, 2.05) is 77.7 Å². The van der Waals surface area contributed by atoms with Crippen LogP contribution in [0.1, 0.15) is 53.6 Å². The quantitative estimate of drug-likeness (QED) is 0.435. The Bertz CT molecular complexity index is 1120. The summed E-state index contributed by atoms with van der Waals surface area (Å²) >= 11 is 0. The number of rotatable bonds is 8. The molecule has 0 spiro atoms. The summed E-state index contributed by atoms with van der Waals surface area (Å²) in [6.07, 6.45) is 2.89. The van der Waals surface area contributed by atoms with E-state index in [0.29, 0.717) is 25.3 Å². The van der Waals surface area contributed by atoms with Crippen LogP contribution in [0.3, 0.4) is 0 Å². The minimum atomic E-state index is -0.104. The molecule has 4 rings (SSSR count). The first kappa shape index (κ1) is 24.3. The molecule has 1 aliphatic rings. The number of likely N-dealkylation sites (tertiary alicyclic amines) is 1. The molecular weight excluding hydrogens is 438 g/mol. The number of amides is 3. The Balaban J connectivity index is 1.33. The van der Waals surface area contributed by atoms with E-state index in [-0.39, 0.29) is 17.9 Å². The van der Waals surface area contributed by atoms with Crippen LogP contribution < -0.4 is 15.4 Å². The van der Waals surface area contributed by atoms with E-state index in [9.17, 15) is 9.59 Å². The highest BCUT2D eigenvalue weighted by Crippen LogP contribution is 2.28. The molecule has 3 aromatic rings. The number of hydrogen-bond acceptors (Lipinski definition) is 3. The van der Waals surface area contributed by atoms with Gasteiger partial charge in [0.2, 0.25) is 0 Å². The molecule has 6 heteroatoms. The van der Waals surface area contributed by atoms with Gasteiger partial charge in [0.25, 0.3) is 5.91 Å². The molecule has 0 radical (unpaired) electrons. The summed E-state index contributed by atoms with van der Waals surface area (Å²) in [5.41, 5.74) is 3.54. The Morgan fingerprint density at radius 3 is 2.57 bits per heavy atom. The number of carbonyl (C=O) groups is 2. The third-order valence-corrected chi connectivity index (χ3v) is 6.20. The van der Waals surface area contributed by atoms with Crippen molar-refractivity contribution in [2.45, 2.75) is 38.6 Å². The molecule has 182 valence electrons. The average Bonchev–Trinajstić information content (AvgIpc) is 2.92. The molecule has 35 heavy (non-hydrogen) atoms. The molecular formula is C29H33N3O3. The third kappa shape index (κ3) is 6.85. The topological polar surface area (TPSA) is 70.7 Å².